The fourth-order valence-electron chi connectivity index (χ4n) is 2.49. The molecule has 3 unspecified atom stereocenters. The Labute approximate surface area is 97.1 Å². The summed E-state index contributed by atoms with van der Waals surface area (Å²) in [6.07, 6.45) is 5.39. The molecule has 16 heavy (non-hydrogen) atoms. The standard InChI is InChI=1S/C12H22N2O2/c1-2-11-7-9(5-6-16-11)13-8-10-3-4-12(15)14-10/h9-11,13H,2-8H2,1H3,(H,14,15). The zero-order valence-corrected chi connectivity index (χ0v) is 10.00. The number of hydrogen-bond donors (Lipinski definition) is 2. The Hall–Kier alpha value is -0.610. The Kier molecular flexibility index (Phi) is 4.18. The van der Waals surface area contributed by atoms with Gasteiger partial charge in [0.1, 0.15) is 0 Å². The second-order valence-electron chi connectivity index (χ2n) is 4.83. The minimum Gasteiger partial charge on any atom is -0.378 e. The molecule has 4 nitrogen and oxygen atoms in total. The molecular formula is C12H22N2O2. The molecule has 0 aliphatic carbocycles. The molecule has 0 saturated carbocycles. The molecule has 2 rings (SSSR count). The van der Waals surface area contributed by atoms with Gasteiger partial charge >= 0.3 is 0 Å². The largest absolute Gasteiger partial charge is 0.378 e. The third kappa shape index (κ3) is 3.19. The lowest BCUT2D eigenvalue weighted by Gasteiger charge is -2.30. The summed E-state index contributed by atoms with van der Waals surface area (Å²) in [4.78, 5) is 11.0. The normalized spacial score (nSPS) is 35.1. The van der Waals surface area contributed by atoms with Crippen LogP contribution in [0.15, 0.2) is 0 Å². The van der Waals surface area contributed by atoms with Crippen molar-refractivity contribution in [1.29, 1.82) is 0 Å². The van der Waals surface area contributed by atoms with E-state index in [0.29, 0.717) is 24.6 Å². The first kappa shape index (κ1) is 11.9. The zero-order chi connectivity index (χ0) is 11.4. The van der Waals surface area contributed by atoms with E-state index in [9.17, 15) is 4.79 Å². The van der Waals surface area contributed by atoms with Crippen LogP contribution in [0.5, 0.6) is 0 Å². The Bertz CT molecular complexity index is 245. The third-order valence-corrected chi connectivity index (χ3v) is 3.56. The van der Waals surface area contributed by atoms with E-state index < -0.39 is 0 Å². The molecule has 92 valence electrons. The van der Waals surface area contributed by atoms with Gasteiger partial charge in [-0.1, -0.05) is 6.92 Å². The molecule has 2 heterocycles. The summed E-state index contributed by atoms with van der Waals surface area (Å²) in [7, 11) is 0. The summed E-state index contributed by atoms with van der Waals surface area (Å²) in [5.74, 6) is 0.199. The molecule has 2 saturated heterocycles. The van der Waals surface area contributed by atoms with Gasteiger partial charge in [-0.3, -0.25) is 4.79 Å². The lowest BCUT2D eigenvalue weighted by molar-refractivity contribution is -0.119. The van der Waals surface area contributed by atoms with Crippen molar-refractivity contribution in [1.82, 2.24) is 10.6 Å². The van der Waals surface area contributed by atoms with Gasteiger partial charge in [0, 0.05) is 31.7 Å². The molecule has 2 aliphatic rings. The highest BCUT2D eigenvalue weighted by molar-refractivity contribution is 5.78. The first-order chi connectivity index (χ1) is 7.78. The van der Waals surface area contributed by atoms with Crippen LogP contribution < -0.4 is 10.6 Å². The molecule has 4 heteroatoms. The third-order valence-electron chi connectivity index (χ3n) is 3.56. The van der Waals surface area contributed by atoms with Crippen molar-refractivity contribution in [2.24, 2.45) is 0 Å². The number of rotatable bonds is 4. The zero-order valence-electron chi connectivity index (χ0n) is 10.00. The average Bonchev–Trinajstić information content (AvgIpc) is 2.73. The van der Waals surface area contributed by atoms with Gasteiger partial charge in [0.25, 0.3) is 0 Å². The lowest BCUT2D eigenvalue weighted by Crippen LogP contribution is -2.44. The van der Waals surface area contributed by atoms with Crippen molar-refractivity contribution in [2.45, 2.75) is 57.2 Å². The highest BCUT2D eigenvalue weighted by Gasteiger charge is 2.24. The Morgan fingerprint density at radius 2 is 2.38 bits per heavy atom. The molecule has 2 N–H and O–H groups in total. The maximum absolute atomic E-state index is 11.0. The molecule has 0 bridgehead atoms. The van der Waals surface area contributed by atoms with Crippen LogP contribution in [0.3, 0.4) is 0 Å². The van der Waals surface area contributed by atoms with E-state index >= 15 is 0 Å². The fraction of sp³-hybridized carbons (Fsp3) is 0.917. The van der Waals surface area contributed by atoms with E-state index in [1.807, 2.05) is 0 Å². The van der Waals surface area contributed by atoms with Crippen LogP contribution in [0.25, 0.3) is 0 Å². The average molecular weight is 226 g/mol. The van der Waals surface area contributed by atoms with E-state index in [2.05, 4.69) is 17.6 Å². The fourth-order valence-corrected chi connectivity index (χ4v) is 2.49. The van der Waals surface area contributed by atoms with Crippen molar-refractivity contribution in [3.05, 3.63) is 0 Å². The van der Waals surface area contributed by atoms with E-state index in [0.717, 1.165) is 38.8 Å². The van der Waals surface area contributed by atoms with Crippen LogP contribution in [-0.2, 0) is 9.53 Å². The molecule has 2 aliphatic heterocycles. The van der Waals surface area contributed by atoms with Crippen molar-refractivity contribution in [3.63, 3.8) is 0 Å². The highest BCUT2D eigenvalue weighted by Crippen LogP contribution is 2.16. The Balaban J connectivity index is 1.67. The van der Waals surface area contributed by atoms with E-state index in [4.69, 9.17) is 4.74 Å². The predicted octanol–water partition coefficient (Wildman–Crippen LogP) is 0.812. The van der Waals surface area contributed by atoms with Gasteiger partial charge in [0.05, 0.1) is 6.10 Å². The summed E-state index contributed by atoms with van der Waals surface area (Å²) in [5, 5.41) is 6.54. The van der Waals surface area contributed by atoms with Crippen LogP contribution in [0, 0.1) is 0 Å². The van der Waals surface area contributed by atoms with Crippen molar-refractivity contribution >= 4 is 5.91 Å². The van der Waals surface area contributed by atoms with Crippen molar-refractivity contribution < 1.29 is 9.53 Å². The summed E-state index contributed by atoms with van der Waals surface area (Å²) >= 11 is 0. The lowest BCUT2D eigenvalue weighted by atomic mass is 10.0. The van der Waals surface area contributed by atoms with E-state index in [1.54, 1.807) is 0 Å². The van der Waals surface area contributed by atoms with Gasteiger partial charge < -0.3 is 15.4 Å². The number of carbonyl (C=O) groups is 1. The van der Waals surface area contributed by atoms with Gasteiger partial charge in [0.15, 0.2) is 0 Å². The van der Waals surface area contributed by atoms with Crippen LogP contribution in [0.1, 0.15) is 39.0 Å². The highest BCUT2D eigenvalue weighted by atomic mass is 16.5. The minimum absolute atomic E-state index is 0.199. The number of amides is 1. The molecule has 3 atom stereocenters. The van der Waals surface area contributed by atoms with E-state index in [1.165, 1.54) is 0 Å². The molecule has 2 fully saturated rings. The van der Waals surface area contributed by atoms with Gasteiger partial charge in [-0.15, -0.1) is 0 Å². The maximum Gasteiger partial charge on any atom is 0.220 e. The number of nitrogens with one attached hydrogen (secondary N) is 2. The van der Waals surface area contributed by atoms with Crippen LogP contribution >= 0.6 is 0 Å². The molecule has 0 aromatic rings. The minimum atomic E-state index is 0.199. The van der Waals surface area contributed by atoms with Crippen molar-refractivity contribution in [3.8, 4) is 0 Å². The Morgan fingerprint density at radius 3 is 3.06 bits per heavy atom. The van der Waals surface area contributed by atoms with Crippen LogP contribution in [0.2, 0.25) is 0 Å². The molecule has 0 radical (unpaired) electrons. The molecule has 0 aromatic carbocycles. The van der Waals surface area contributed by atoms with Gasteiger partial charge in [-0.25, -0.2) is 0 Å². The summed E-state index contributed by atoms with van der Waals surface area (Å²) < 4.78 is 5.64. The summed E-state index contributed by atoms with van der Waals surface area (Å²) in [6.45, 7) is 3.95. The first-order valence-electron chi connectivity index (χ1n) is 6.42. The monoisotopic (exact) mass is 226 g/mol. The second kappa shape index (κ2) is 5.64. The van der Waals surface area contributed by atoms with E-state index in [-0.39, 0.29) is 5.91 Å². The smallest absolute Gasteiger partial charge is 0.220 e. The molecule has 0 spiro atoms. The SMILES string of the molecule is CCC1CC(NCC2CCC(=O)N2)CCO1. The quantitative estimate of drug-likeness (QED) is 0.746. The van der Waals surface area contributed by atoms with Gasteiger partial charge in [-0.05, 0) is 25.7 Å². The molecular weight excluding hydrogens is 204 g/mol. The maximum atomic E-state index is 11.0. The van der Waals surface area contributed by atoms with Crippen LogP contribution in [-0.4, -0.2) is 37.2 Å². The van der Waals surface area contributed by atoms with Gasteiger partial charge in [0.2, 0.25) is 5.91 Å². The first-order valence-corrected chi connectivity index (χ1v) is 6.42. The Morgan fingerprint density at radius 1 is 1.50 bits per heavy atom. The molecule has 1 amide bonds. The molecule has 0 aromatic heterocycles. The summed E-state index contributed by atoms with van der Waals surface area (Å²) in [5.41, 5.74) is 0. The predicted molar refractivity (Wildman–Crippen MR) is 62.2 cm³/mol. The number of hydrogen-bond acceptors (Lipinski definition) is 3. The summed E-state index contributed by atoms with van der Waals surface area (Å²) in [6, 6.07) is 0.909. The van der Waals surface area contributed by atoms with Gasteiger partial charge in [-0.2, -0.15) is 0 Å². The van der Waals surface area contributed by atoms with Crippen molar-refractivity contribution in [2.75, 3.05) is 13.2 Å². The number of ether oxygens (including phenoxy) is 1. The second-order valence-corrected chi connectivity index (χ2v) is 4.83. The topological polar surface area (TPSA) is 50.4 Å². The number of carbonyl (C=O) groups excluding carboxylic acids is 1. The van der Waals surface area contributed by atoms with Crippen LogP contribution in [0.4, 0.5) is 0 Å².